The van der Waals surface area contributed by atoms with Crippen LogP contribution < -0.4 is 5.73 Å². The third-order valence-electron chi connectivity index (χ3n) is 4.82. The zero-order valence-corrected chi connectivity index (χ0v) is 15.7. The molecule has 0 bridgehead atoms. The van der Waals surface area contributed by atoms with Gasteiger partial charge in [0.05, 0.1) is 5.54 Å². The summed E-state index contributed by atoms with van der Waals surface area (Å²) in [5, 5.41) is 0.467. The molecule has 1 aliphatic heterocycles. The number of thioether (sulfide) groups is 1. The number of ketones is 1. The lowest BCUT2D eigenvalue weighted by molar-refractivity contribution is 0.0988. The van der Waals surface area contributed by atoms with Crippen molar-refractivity contribution in [3.63, 3.8) is 0 Å². The molecule has 5 nitrogen and oxygen atoms in total. The van der Waals surface area contributed by atoms with Crippen molar-refractivity contribution in [2.45, 2.75) is 25.3 Å². The van der Waals surface area contributed by atoms with Crippen molar-refractivity contribution in [3.05, 3.63) is 71.4 Å². The van der Waals surface area contributed by atoms with Gasteiger partial charge < -0.3 is 10.1 Å². The van der Waals surface area contributed by atoms with Crippen LogP contribution >= 0.6 is 11.8 Å². The van der Waals surface area contributed by atoms with Crippen LogP contribution in [0.2, 0.25) is 0 Å². The number of halogens is 1. The average Bonchev–Trinajstić information content (AvgIpc) is 3.07. The quantitative estimate of drug-likeness (QED) is 0.700. The second kappa shape index (κ2) is 6.81. The fraction of sp³-hybridized carbons (Fsp3) is 0.250. The van der Waals surface area contributed by atoms with Gasteiger partial charge >= 0.3 is 0 Å². The number of pyridine rings is 1. The van der Waals surface area contributed by atoms with Crippen molar-refractivity contribution in [1.82, 2.24) is 9.38 Å². The van der Waals surface area contributed by atoms with E-state index in [0.717, 1.165) is 17.0 Å². The number of Topliss-reactive ketones (excluding diaryl/α,β-unsaturated/α-hetero) is 1. The predicted molar refractivity (Wildman–Crippen MR) is 106 cm³/mol. The first-order valence-corrected chi connectivity index (χ1v) is 9.67. The lowest BCUT2D eigenvalue weighted by atomic mass is 9.87. The summed E-state index contributed by atoms with van der Waals surface area (Å²) in [7, 11) is 0. The van der Waals surface area contributed by atoms with E-state index in [9.17, 15) is 9.18 Å². The number of aromatic nitrogens is 2. The molecule has 0 radical (unpaired) electrons. The molecule has 3 heterocycles. The molecule has 4 rings (SSSR count). The van der Waals surface area contributed by atoms with E-state index in [1.807, 2.05) is 35.7 Å². The number of aliphatic imine (C=N–C) groups is 1. The van der Waals surface area contributed by atoms with Crippen LogP contribution in [0, 0.1) is 5.82 Å². The maximum atomic E-state index is 14.5. The van der Waals surface area contributed by atoms with Crippen molar-refractivity contribution in [3.8, 4) is 0 Å². The fourth-order valence-electron chi connectivity index (χ4n) is 3.32. The Hall–Kier alpha value is -2.67. The Bertz CT molecular complexity index is 1030. The van der Waals surface area contributed by atoms with Crippen LogP contribution in [0.15, 0.2) is 53.8 Å². The lowest BCUT2D eigenvalue weighted by Crippen LogP contribution is -2.29. The molecule has 0 saturated heterocycles. The van der Waals surface area contributed by atoms with E-state index in [1.165, 1.54) is 17.8 Å². The van der Waals surface area contributed by atoms with Crippen molar-refractivity contribution >= 4 is 28.4 Å². The monoisotopic (exact) mass is 382 g/mol. The van der Waals surface area contributed by atoms with Gasteiger partial charge in [0.2, 0.25) is 0 Å². The van der Waals surface area contributed by atoms with Crippen LogP contribution in [-0.2, 0) is 12.0 Å². The van der Waals surface area contributed by atoms with Crippen LogP contribution in [0.4, 0.5) is 4.39 Å². The van der Waals surface area contributed by atoms with Gasteiger partial charge in [-0.15, -0.1) is 0 Å². The number of fused-ring (bicyclic) bond motifs is 1. The van der Waals surface area contributed by atoms with Gasteiger partial charge in [-0.1, -0.05) is 23.9 Å². The number of nitrogens with zero attached hydrogens (tertiary/aromatic N) is 3. The number of rotatable bonds is 4. The molecule has 0 unspecified atom stereocenters. The van der Waals surface area contributed by atoms with Gasteiger partial charge in [0, 0.05) is 30.1 Å². The molecule has 2 aromatic heterocycles. The molecule has 3 aromatic rings. The van der Waals surface area contributed by atoms with Gasteiger partial charge in [0.1, 0.15) is 17.2 Å². The first-order chi connectivity index (χ1) is 12.9. The number of carbonyl (C=O) groups is 1. The SMILES string of the molecule is C[C@@]1(c2cc(CC(=O)c3cn4ccccc4n3)ccc2F)CCSC(N)=N1. The Morgan fingerprint density at radius 2 is 2.22 bits per heavy atom. The minimum atomic E-state index is -0.707. The molecule has 1 aliphatic rings. The topological polar surface area (TPSA) is 72.8 Å². The van der Waals surface area contributed by atoms with E-state index in [2.05, 4.69) is 9.98 Å². The van der Waals surface area contributed by atoms with Gasteiger partial charge in [0.25, 0.3) is 0 Å². The second-order valence-electron chi connectivity index (χ2n) is 6.83. The summed E-state index contributed by atoms with van der Waals surface area (Å²) in [4.78, 5) is 21.5. The third kappa shape index (κ3) is 3.47. The Kier molecular flexibility index (Phi) is 4.47. The standard InChI is InChI=1S/C20H19FN4OS/c1-20(7-9-27-19(22)24-20)14-10-13(5-6-15(14)21)11-17(26)16-12-25-8-3-2-4-18(25)23-16/h2-6,8,10,12H,7,9,11H2,1H3,(H2,22,24)/t20-/m0/s1. The van der Waals surface area contributed by atoms with E-state index in [1.54, 1.807) is 18.3 Å². The molecule has 1 aromatic carbocycles. The molecule has 0 aliphatic carbocycles. The predicted octanol–water partition coefficient (Wildman–Crippen LogP) is 3.57. The summed E-state index contributed by atoms with van der Waals surface area (Å²) in [5.41, 5.74) is 7.48. The first kappa shape index (κ1) is 17.7. The maximum absolute atomic E-state index is 14.5. The van der Waals surface area contributed by atoms with Crippen LogP contribution in [0.3, 0.4) is 0 Å². The minimum Gasteiger partial charge on any atom is -0.379 e. The minimum absolute atomic E-state index is 0.108. The van der Waals surface area contributed by atoms with E-state index in [0.29, 0.717) is 22.8 Å². The highest BCUT2D eigenvalue weighted by molar-refractivity contribution is 8.13. The fourth-order valence-corrected chi connectivity index (χ4v) is 4.30. The zero-order chi connectivity index (χ0) is 19.0. The molecule has 138 valence electrons. The molecule has 27 heavy (non-hydrogen) atoms. The molecule has 7 heteroatoms. The van der Waals surface area contributed by atoms with E-state index in [-0.39, 0.29) is 18.0 Å². The molecule has 0 amide bonds. The van der Waals surface area contributed by atoms with Gasteiger partial charge in [-0.25, -0.2) is 9.37 Å². The summed E-state index contributed by atoms with van der Waals surface area (Å²) < 4.78 is 16.3. The summed E-state index contributed by atoms with van der Waals surface area (Å²) in [6, 6.07) is 10.4. The largest absolute Gasteiger partial charge is 0.379 e. The number of carbonyl (C=O) groups excluding carboxylic acids is 1. The Morgan fingerprint density at radius 3 is 3.00 bits per heavy atom. The number of hydrogen-bond donors (Lipinski definition) is 1. The molecule has 2 N–H and O–H groups in total. The summed E-state index contributed by atoms with van der Waals surface area (Å²) in [5.74, 6) is 0.351. The van der Waals surface area contributed by atoms with Crippen LogP contribution in [-0.4, -0.2) is 26.1 Å². The molecule has 0 spiro atoms. The zero-order valence-electron chi connectivity index (χ0n) is 14.9. The van der Waals surface area contributed by atoms with Crippen LogP contribution in [0.1, 0.15) is 35.0 Å². The summed E-state index contributed by atoms with van der Waals surface area (Å²) in [6.07, 6.45) is 4.41. The average molecular weight is 382 g/mol. The van der Waals surface area contributed by atoms with Crippen molar-refractivity contribution < 1.29 is 9.18 Å². The van der Waals surface area contributed by atoms with Crippen LogP contribution in [0.25, 0.3) is 5.65 Å². The van der Waals surface area contributed by atoms with Crippen molar-refractivity contribution in [1.29, 1.82) is 0 Å². The van der Waals surface area contributed by atoms with Crippen LogP contribution in [0.5, 0.6) is 0 Å². The molecule has 1 atom stereocenters. The Labute approximate surface area is 160 Å². The summed E-state index contributed by atoms with van der Waals surface area (Å²) in [6.45, 7) is 1.88. The Morgan fingerprint density at radius 1 is 1.37 bits per heavy atom. The smallest absolute Gasteiger partial charge is 0.187 e. The number of benzene rings is 1. The number of hydrogen-bond acceptors (Lipinski definition) is 5. The van der Waals surface area contributed by atoms with Gasteiger partial charge in [-0.3, -0.25) is 9.79 Å². The highest BCUT2D eigenvalue weighted by atomic mass is 32.2. The Balaban J connectivity index is 1.63. The molecule has 0 fully saturated rings. The number of nitrogens with two attached hydrogens (primary N) is 1. The highest BCUT2D eigenvalue weighted by Gasteiger charge is 2.32. The third-order valence-corrected chi connectivity index (χ3v) is 5.62. The van der Waals surface area contributed by atoms with E-state index < -0.39 is 5.54 Å². The van der Waals surface area contributed by atoms with Gasteiger partial charge in [-0.05, 0) is 43.2 Å². The second-order valence-corrected chi connectivity index (χ2v) is 7.94. The van der Waals surface area contributed by atoms with E-state index >= 15 is 0 Å². The lowest BCUT2D eigenvalue weighted by Gasteiger charge is -2.30. The first-order valence-electron chi connectivity index (χ1n) is 8.69. The van der Waals surface area contributed by atoms with E-state index in [4.69, 9.17) is 5.73 Å². The summed E-state index contributed by atoms with van der Waals surface area (Å²) >= 11 is 1.48. The molecular weight excluding hydrogens is 363 g/mol. The normalized spacial score (nSPS) is 19.9. The number of amidine groups is 1. The highest BCUT2D eigenvalue weighted by Crippen LogP contribution is 2.36. The molecule has 0 saturated carbocycles. The molecular formula is C20H19FN4OS. The van der Waals surface area contributed by atoms with Gasteiger partial charge in [0.15, 0.2) is 11.0 Å². The maximum Gasteiger partial charge on any atom is 0.187 e. The van der Waals surface area contributed by atoms with Gasteiger partial charge in [-0.2, -0.15) is 0 Å². The van der Waals surface area contributed by atoms with Crippen molar-refractivity contribution in [2.75, 3.05) is 5.75 Å². The van der Waals surface area contributed by atoms with Crippen molar-refractivity contribution in [2.24, 2.45) is 10.7 Å². The number of imidazole rings is 1.